The summed E-state index contributed by atoms with van der Waals surface area (Å²) in [5.41, 5.74) is 15.8. The van der Waals surface area contributed by atoms with E-state index in [2.05, 4.69) is 231 Å². The number of rotatable bonds is 6. The molecule has 11 aromatic carbocycles. The van der Waals surface area contributed by atoms with Gasteiger partial charge in [-0.3, -0.25) is 0 Å². The van der Waals surface area contributed by atoms with Crippen molar-refractivity contribution in [3.63, 3.8) is 0 Å². The first-order valence-electron chi connectivity index (χ1n) is 24.4. The van der Waals surface area contributed by atoms with Crippen LogP contribution in [0.5, 0.6) is 0 Å². The Morgan fingerprint density at radius 3 is 1.48 bits per heavy atom. The van der Waals surface area contributed by atoms with Crippen LogP contribution >= 0.6 is 11.3 Å². The highest BCUT2D eigenvalue weighted by molar-refractivity contribution is 7.19. The monoisotopic (exact) mass is 894 g/mol. The Balaban J connectivity index is 0.930. The largest absolute Gasteiger partial charge is 0.135 e. The van der Waals surface area contributed by atoms with Gasteiger partial charge in [-0.05, 0) is 182 Å². The fraction of sp³-hybridized carbons (Fsp3) is 0.0588. The number of thiophene rings is 1. The van der Waals surface area contributed by atoms with E-state index < -0.39 is 0 Å². The van der Waals surface area contributed by atoms with Crippen molar-refractivity contribution in [2.75, 3.05) is 0 Å². The van der Waals surface area contributed by atoms with Gasteiger partial charge in [-0.15, -0.1) is 11.3 Å². The van der Waals surface area contributed by atoms with Gasteiger partial charge in [-0.1, -0.05) is 200 Å². The average Bonchev–Trinajstić information content (AvgIpc) is 3.91. The Morgan fingerprint density at radius 1 is 0.304 bits per heavy atom. The summed E-state index contributed by atoms with van der Waals surface area (Å²) < 4.78 is 0. The van der Waals surface area contributed by atoms with Crippen LogP contribution in [0.3, 0.4) is 0 Å². The average molecular weight is 895 g/mol. The Labute approximate surface area is 406 Å². The highest BCUT2D eigenvalue weighted by atomic mass is 32.1. The first kappa shape index (κ1) is 40.0. The smallest absolute Gasteiger partial charge is 0.0361 e. The molecule has 0 spiro atoms. The number of fused-ring (bicyclic) bond motifs is 7. The second-order valence-corrected chi connectivity index (χ2v) is 20.0. The number of hydrogen-bond acceptors (Lipinski definition) is 1. The molecule has 324 valence electrons. The van der Waals surface area contributed by atoms with Crippen LogP contribution in [0, 0.1) is 0 Å². The van der Waals surface area contributed by atoms with E-state index in [-0.39, 0.29) is 0 Å². The molecule has 2 aliphatic carbocycles. The summed E-state index contributed by atoms with van der Waals surface area (Å²) in [4.78, 5) is 2.58. The van der Waals surface area contributed by atoms with Gasteiger partial charge >= 0.3 is 0 Å². The van der Waals surface area contributed by atoms with E-state index in [4.69, 9.17) is 0 Å². The van der Waals surface area contributed by atoms with E-state index in [1.165, 1.54) is 141 Å². The zero-order chi connectivity index (χ0) is 45.4. The summed E-state index contributed by atoms with van der Waals surface area (Å²) in [5, 5.41) is 15.4. The summed E-state index contributed by atoms with van der Waals surface area (Å²) in [6, 6.07) is 79.8. The molecule has 14 rings (SSSR count). The van der Waals surface area contributed by atoms with E-state index >= 15 is 0 Å². The Hall–Kier alpha value is -8.10. The number of aryl methyl sites for hydroxylation is 1. The lowest BCUT2D eigenvalue weighted by Crippen LogP contribution is -2.31. The molecule has 0 N–H and O–H groups in total. The Morgan fingerprint density at radius 2 is 0.797 bits per heavy atom. The molecule has 0 amide bonds. The third-order valence-corrected chi connectivity index (χ3v) is 16.1. The molecular weight excluding hydrogens is 849 g/mol. The van der Waals surface area contributed by atoms with Crippen LogP contribution < -0.4 is 10.4 Å². The zero-order valence-electron chi connectivity index (χ0n) is 38.2. The first-order valence-corrected chi connectivity index (χ1v) is 25.2. The van der Waals surface area contributed by atoms with E-state index in [0.29, 0.717) is 0 Å². The fourth-order valence-corrected chi connectivity index (χ4v) is 12.8. The molecule has 0 unspecified atom stereocenters. The lowest BCUT2D eigenvalue weighted by molar-refractivity contribution is 1.00. The second-order valence-electron chi connectivity index (χ2n) is 18.9. The molecular formula is C68H46S. The SMILES string of the molecule is C1=C(c2ccc(-c3c4c(c(-c5ccc(-c6ccc7c(-c8ccc9ccccc9c8)c8ccccc8c(-c8ccc9ccccc9c8)c7c6)s5)c5ccccc35)=CCCC=4)cc2)CCc2ccccc21. The Kier molecular flexibility index (Phi) is 9.45. The van der Waals surface area contributed by atoms with Crippen molar-refractivity contribution in [1.29, 1.82) is 0 Å². The van der Waals surface area contributed by atoms with Crippen molar-refractivity contribution < 1.29 is 0 Å². The van der Waals surface area contributed by atoms with Crippen molar-refractivity contribution in [2.45, 2.75) is 25.7 Å². The molecule has 1 aromatic heterocycles. The first-order chi connectivity index (χ1) is 34.2. The minimum absolute atomic E-state index is 1.04. The molecule has 0 saturated carbocycles. The highest BCUT2D eigenvalue weighted by Gasteiger charge is 2.21. The normalized spacial score (nSPS) is 13.3. The van der Waals surface area contributed by atoms with Gasteiger partial charge in [0.25, 0.3) is 0 Å². The van der Waals surface area contributed by atoms with E-state index in [0.717, 1.165) is 25.7 Å². The topological polar surface area (TPSA) is 0 Å². The zero-order valence-corrected chi connectivity index (χ0v) is 39.0. The van der Waals surface area contributed by atoms with Crippen LogP contribution in [0.1, 0.15) is 36.0 Å². The summed E-state index contributed by atoms with van der Waals surface area (Å²) in [5.74, 6) is 0. The van der Waals surface area contributed by atoms with Crippen molar-refractivity contribution in [3.05, 3.63) is 239 Å². The van der Waals surface area contributed by atoms with Crippen molar-refractivity contribution in [3.8, 4) is 54.3 Å². The van der Waals surface area contributed by atoms with Crippen molar-refractivity contribution in [2.24, 2.45) is 0 Å². The molecule has 0 bridgehead atoms. The van der Waals surface area contributed by atoms with Gasteiger partial charge in [-0.2, -0.15) is 0 Å². The molecule has 0 atom stereocenters. The van der Waals surface area contributed by atoms with Gasteiger partial charge in [0.15, 0.2) is 0 Å². The number of allylic oxidation sites excluding steroid dienone is 1. The van der Waals surface area contributed by atoms with E-state index in [1.807, 2.05) is 11.3 Å². The molecule has 1 heterocycles. The van der Waals surface area contributed by atoms with Crippen LogP contribution in [0.15, 0.2) is 212 Å². The third kappa shape index (κ3) is 6.72. The summed E-state index contributed by atoms with van der Waals surface area (Å²) in [6.07, 6.45) is 11.7. The van der Waals surface area contributed by atoms with Gasteiger partial charge in [0.2, 0.25) is 0 Å². The van der Waals surface area contributed by atoms with Gasteiger partial charge < -0.3 is 0 Å². The molecule has 69 heavy (non-hydrogen) atoms. The van der Waals surface area contributed by atoms with Gasteiger partial charge in [0.1, 0.15) is 0 Å². The van der Waals surface area contributed by atoms with E-state index in [1.54, 1.807) is 0 Å². The molecule has 2 aliphatic rings. The molecule has 0 fully saturated rings. The predicted octanol–water partition coefficient (Wildman–Crippen LogP) is 17.7. The maximum Gasteiger partial charge on any atom is 0.0361 e. The molecule has 1 heteroatoms. The summed E-state index contributed by atoms with van der Waals surface area (Å²) in [6.45, 7) is 0. The lowest BCUT2D eigenvalue weighted by Gasteiger charge is -2.19. The fourth-order valence-electron chi connectivity index (χ4n) is 11.7. The minimum Gasteiger partial charge on any atom is -0.135 e. The summed E-state index contributed by atoms with van der Waals surface area (Å²) in [7, 11) is 0. The Bertz CT molecular complexity index is 4240. The molecule has 12 aromatic rings. The molecule has 0 aliphatic heterocycles. The van der Waals surface area contributed by atoms with Gasteiger partial charge in [-0.25, -0.2) is 0 Å². The standard InChI is InChI=1S/C68H46S/c1-4-16-48-39-51(32-27-43(48)13-1)46-25-30-47(31-26-46)65-57-21-9-11-23-59(57)68(60-24-12-10-22-58(60)65)64-38-37-63(69-64)52-35-36-61-62(42-52)67(54-34-29-45-15-3-6-18-50(45)41-54)56-20-8-7-19-55(56)66(61)53-33-28-44-14-2-5-17-49(44)40-53/h1-9,11,13-26,28-31,33-42H,10,12,27,32H2. The van der Waals surface area contributed by atoms with Crippen LogP contribution in [0.2, 0.25) is 0 Å². The molecule has 0 saturated heterocycles. The summed E-state index contributed by atoms with van der Waals surface area (Å²) >= 11 is 1.92. The van der Waals surface area contributed by atoms with Gasteiger partial charge in [0.05, 0.1) is 0 Å². The minimum atomic E-state index is 1.04. The maximum absolute atomic E-state index is 2.50. The second kappa shape index (κ2) is 16.3. The van der Waals surface area contributed by atoms with Crippen molar-refractivity contribution in [1.82, 2.24) is 0 Å². The van der Waals surface area contributed by atoms with Crippen LogP contribution in [-0.4, -0.2) is 0 Å². The number of benzene rings is 11. The lowest BCUT2D eigenvalue weighted by atomic mass is 9.84. The third-order valence-electron chi connectivity index (χ3n) is 15.0. The van der Waals surface area contributed by atoms with E-state index in [9.17, 15) is 0 Å². The predicted molar refractivity (Wildman–Crippen MR) is 299 cm³/mol. The van der Waals surface area contributed by atoms with Crippen LogP contribution in [-0.2, 0) is 6.42 Å². The number of hydrogen-bond donors (Lipinski definition) is 0. The maximum atomic E-state index is 2.50. The highest BCUT2D eigenvalue weighted by Crippen LogP contribution is 2.47. The van der Waals surface area contributed by atoms with Gasteiger partial charge in [0, 0.05) is 15.3 Å². The van der Waals surface area contributed by atoms with Crippen LogP contribution in [0.25, 0.3) is 132 Å². The molecule has 0 radical (unpaired) electrons. The van der Waals surface area contributed by atoms with Crippen LogP contribution in [0.4, 0.5) is 0 Å². The quantitative estimate of drug-likeness (QED) is 0.146. The molecule has 0 nitrogen and oxygen atoms in total. The van der Waals surface area contributed by atoms with Crippen molar-refractivity contribution >= 4 is 89.0 Å².